The smallest absolute Gasteiger partial charge is 0.223 e. The molecule has 0 N–H and O–H groups in total. The number of aryl methyl sites for hydroxylation is 3. The summed E-state index contributed by atoms with van der Waals surface area (Å²) >= 11 is 0. The number of nitrogens with zero attached hydrogens (tertiary/aromatic N) is 4. The summed E-state index contributed by atoms with van der Waals surface area (Å²) in [5.41, 5.74) is 5.80. The Hall–Kier alpha value is -2.95. The summed E-state index contributed by atoms with van der Waals surface area (Å²) in [5, 5.41) is 4.13. The molecule has 2 aromatic carbocycles. The molecule has 0 aliphatic rings. The van der Waals surface area contributed by atoms with Crippen molar-refractivity contribution in [3.8, 4) is 5.69 Å². The number of hydrogen-bond donors (Lipinski definition) is 0. The third kappa shape index (κ3) is 4.42. The molecule has 3 aromatic rings. The van der Waals surface area contributed by atoms with Crippen molar-refractivity contribution < 1.29 is 4.79 Å². The molecular weight excluding hydrogens is 336 g/mol. The van der Waals surface area contributed by atoms with Gasteiger partial charge in [-0.1, -0.05) is 35.9 Å². The summed E-state index contributed by atoms with van der Waals surface area (Å²) in [6.07, 6.45) is 4.47. The van der Waals surface area contributed by atoms with Crippen molar-refractivity contribution in [2.45, 2.75) is 39.7 Å². The zero-order valence-electron chi connectivity index (χ0n) is 16.4. The van der Waals surface area contributed by atoms with Crippen molar-refractivity contribution in [3.63, 3.8) is 0 Å². The van der Waals surface area contributed by atoms with Gasteiger partial charge in [-0.05, 0) is 56.0 Å². The Balaban J connectivity index is 1.62. The van der Waals surface area contributed by atoms with Gasteiger partial charge in [-0.15, -0.1) is 0 Å². The lowest BCUT2D eigenvalue weighted by Gasteiger charge is -2.26. The quantitative estimate of drug-likeness (QED) is 0.665. The van der Waals surface area contributed by atoms with Crippen LogP contribution in [0.1, 0.15) is 41.6 Å². The number of benzene rings is 2. The summed E-state index contributed by atoms with van der Waals surface area (Å²) in [6, 6.07) is 14.5. The Morgan fingerprint density at radius 3 is 2.52 bits per heavy atom. The van der Waals surface area contributed by atoms with Gasteiger partial charge in [-0.3, -0.25) is 4.79 Å². The summed E-state index contributed by atoms with van der Waals surface area (Å²) in [4.78, 5) is 18.5. The molecule has 1 heterocycles. The van der Waals surface area contributed by atoms with Crippen molar-refractivity contribution in [2.24, 2.45) is 0 Å². The zero-order valence-corrected chi connectivity index (χ0v) is 16.4. The van der Waals surface area contributed by atoms with Crippen LogP contribution in [0.25, 0.3) is 5.69 Å². The second-order valence-electron chi connectivity index (χ2n) is 7.04. The second-order valence-corrected chi connectivity index (χ2v) is 7.04. The molecule has 0 saturated heterocycles. The molecule has 1 atom stereocenters. The summed E-state index contributed by atoms with van der Waals surface area (Å²) < 4.78 is 1.72. The highest BCUT2D eigenvalue weighted by Crippen LogP contribution is 2.22. The van der Waals surface area contributed by atoms with E-state index in [1.54, 1.807) is 11.0 Å². The van der Waals surface area contributed by atoms with Gasteiger partial charge in [0.2, 0.25) is 5.91 Å². The molecule has 140 valence electrons. The first kappa shape index (κ1) is 18.8. The number of carbonyl (C=O) groups is 1. The van der Waals surface area contributed by atoms with E-state index in [9.17, 15) is 4.79 Å². The Morgan fingerprint density at radius 2 is 1.89 bits per heavy atom. The third-order valence-electron chi connectivity index (χ3n) is 5.14. The normalized spacial score (nSPS) is 12.0. The van der Waals surface area contributed by atoms with Crippen LogP contribution >= 0.6 is 0 Å². The van der Waals surface area contributed by atoms with Gasteiger partial charge in [0.05, 0.1) is 11.7 Å². The largest absolute Gasteiger partial charge is 0.339 e. The topological polar surface area (TPSA) is 51.0 Å². The molecule has 1 aromatic heterocycles. The van der Waals surface area contributed by atoms with Crippen LogP contribution in [0.15, 0.2) is 55.1 Å². The lowest BCUT2D eigenvalue weighted by Crippen LogP contribution is -2.29. The van der Waals surface area contributed by atoms with Crippen molar-refractivity contribution in [2.75, 3.05) is 7.05 Å². The highest BCUT2D eigenvalue weighted by Gasteiger charge is 2.17. The van der Waals surface area contributed by atoms with E-state index in [4.69, 9.17) is 0 Å². The fraction of sp³-hybridized carbons (Fsp3) is 0.318. The van der Waals surface area contributed by atoms with Crippen LogP contribution in [0.3, 0.4) is 0 Å². The van der Waals surface area contributed by atoms with Gasteiger partial charge in [-0.25, -0.2) is 9.67 Å². The molecule has 5 nitrogen and oxygen atoms in total. The van der Waals surface area contributed by atoms with Gasteiger partial charge in [0, 0.05) is 13.5 Å². The molecule has 0 fully saturated rings. The second kappa shape index (κ2) is 8.16. The van der Waals surface area contributed by atoms with Crippen LogP contribution in [-0.2, 0) is 11.2 Å². The van der Waals surface area contributed by atoms with E-state index in [2.05, 4.69) is 49.1 Å². The van der Waals surface area contributed by atoms with Gasteiger partial charge in [0.15, 0.2) is 0 Å². The SMILES string of the molecule is Cc1ccc(CCC(=O)N(C)C(C)c2ccc(-n3cncn3)cc2)c(C)c1. The van der Waals surface area contributed by atoms with E-state index in [1.807, 2.05) is 36.2 Å². The summed E-state index contributed by atoms with van der Waals surface area (Å²) in [6.45, 7) is 6.25. The van der Waals surface area contributed by atoms with Crippen LogP contribution in [0.5, 0.6) is 0 Å². The minimum Gasteiger partial charge on any atom is -0.339 e. The molecular formula is C22H26N4O. The highest BCUT2D eigenvalue weighted by atomic mass is 16.2. The minimum atomic E-state index is 0.0152. The summed E-state index contributed by atoms with van der Waals surface area (Å²) in [5.74, 6) is 0.155. The van der Waals surface area contributed by atoms with E-state index in [0.29, 0.717) is 6.42 Å². The Morgan fingerprint density at radius 1 is 1.15 bits per heavy atom. The molecule has 0 spiro atoms. The fourth-order valence-corrected chi connectivity index (χ4v) is 3.23. The van der Waals surface area contributed by atoms with Gasteiger partial charge in [0.25, 0.3) is 0 Å². The van der Waals surface area contributed by atoms with Gasteiger partial charge in [-0.2, -0.15) is 5.10 Å². The van der Waals surface area contributed by atoms with Crippen molar-refractivity contribution >= 4 is 5.91 Å². The Labute approximate surface area is 160 Å². The maximum atomic E-state index is 12.7. The van der Waals surface area contributed by atoms with Gasteiger partial charge in [0.1, 0.15) is 12.7 Å². The first-order valence-corrected chi connectivity index (χ1v) is 9.22. The average Bonchev–Trinajstić information content (AvgIpc) is 3.21. The zero-order chi connectivity index (χ0) is 19.4. The van der Waals surface area contributed by atoms with Crippen molar-refractivity contribution in [1.82, 2.24) is 19.7 Å². The Kier molecular flexibility index (Phi) is 5.69. The standard InChI is InChI=1S/C22H26N4O/c1-16-5-6-19(17(2)13-16)9-12-22(27)25(4)18(3)20-7-10-21(11-8-20)26-15-23-14-24-26/h5-8,10-11,13-15,18H,9,12H2,1-4H3. The molecule has 1 amide bonds. The van der Waals surface area contributed by atoms with Crippen LogP contribution in [0.2, 0.25) is 0 Å². The molecule has 0 saturated carbocycles. The molecule has 0 bridgehead atoms. The summed E-state index contributed by atoms with van der Waals surface area (Å²) in [7, 11) is 1.88. The molecule has 27 heavy (non-hydrogen) atoms. The monoisotopic (exact) mass is 362 g/mol. The van der Waals surface area contributed by atoms with Gasteiger partial charge >= 0.3 is 0 Å². The molecule has 0 aliphatic heterocycles. The van der Waals surface area contributed by atoms with Crippen molar-refractivity contribution in [1.29, 1.82) is 0 Å². The van der Waals surface area contributed by atoms with Gasteiger partial charge < -0.3 is 4.90 Å². The average molecular weight is 362 g/mol. The predicted octanol–water partition coefficient (Wildman–Crippen LogP) is 4.04. The Bertz CT molecular complexity index is 901. The molecule has 0 aliphatic carbocycles. The van der Waals surface area contributed by atoms with E-state index in [-0.39, 0.29) is 11.9 Å². The highest BCUT2D eigenvalue weighted by molar-refractivity contribution is 5.76. The lowest BCUT2D eigenvalue weighted by molar-refractivity contribution is -0.131. The maximum Gasteiger partial charge on any atom is 0.223 e. The number of rotatable bonds is 6. The fourth-order valence-electron chi connectivity index (χ4n) is 3.23. The van der Waals surface area contributed by atoms with Crippen LogP contribution in [-0.4, -0.2) is 32.6 Å². The predicted molar refractivity (Wildman–Crippen MR) is 107 cm³/mol. The number of hydrogen-bond acceptors (Lipinski definition) is 3. The number of carbonyl (C=O) groups excluding carboxylic acids is 1. The number of aromatic nitrogens is 3. The van der Waals surface area contributed by atoms with E-state index in [1.165, 1.54) is 23.0 Å². The van der Waals surface area contributed by atoms with Crippen LogP contribution in [0, 0.1) is 13.8 Å². The third-order valence-corrected chi connectivity index (χ3v) is 5.14. The van der Waals surface area contributed by atoms with E-state index >= 15 is 0 Å². The lowest BCUT2D eigenvalue weighted by atomic mass is 10.0. The minimum absolute atomic E-state index is 0.0152. The molecule has 0 radical (unpaired) electrons. The molecule has 5 heteroatoms. The van der Waals surface area contributed by atoms with Crippen molar-refractivity contribution in [3.05, 3.63) is 77.4 Å². The van der Waals surface area contributed by atoms with E-state index < -0.39 is 0 Å². The first-order chi connectivity index (χ1) is 13.0. The number of amides is 1. The van der Waals surface area contributed by atoms with Crippen LogP contribution in [0.4, 0.5) is 0 Å². The maximum absolute atomic E-state index is 12.7. The first-order valence-electron chi connectivity index (χ1n) is 9.22. The van der Waals surface area contributed by atoms with Crippen LogP contribution < -0.4 is 0 Å². The molecule has 1 unspecified atom stereocenters. The van der Waals surface area contributed by atoms with E-state index in [0.717, 1.165) is 17.7 Å². The molecule has 3 rings (SSSR count).